The summed E-state index contributed by atoms with van der Waals surface area (Å²) in [5.41, 5.74) is 1.62. The first-order valence-electron chi connectivity index (χ1n) is 7.99. The number of nitrogens with one attached hydrogen (secondary N) is 2. The number of benzene rings is 1. The molecule has 0 saturated heterocycles. The molecule has 2 N–H and O–H groups in total. The van der Waals surface area contributed by atoms with Gasteiger partial charge in [0.25, 0.3) is 0 Å². The Morgan fingerprint density at radius 2 is 2.00 bits per heavy atom. The second kappa shape index (κ2) is 7.70. The van der Waals surface area contributed by atoms with Crippen molar-refractivity contribution in [2.45, 2.75) is 26.4 Å². The minimum absolute atomic E-state index is 0.357. The highest BCUT2D eigenvalue weighted by molar-refractivity contribution is 5.85. The molecule has 8 heteroatoms. The summed E-state index contributed by atoms with van der Waals surface area (Å²) >= 11 is 0. The van der Waals surface area contributed by atoms with E-state index in [1.54, 1.807) is 56.3 Å². The summed E-state index contributed by atoms with van der Waals surface area (Å²) in [7, 11) is 3.67. The van der Waals surface area contributed by atoms with E-state index in [9.17, 15) is 10.1 Å². The van der Waals surface area contributed by atoms with Crippen LogP contribution >= 0.6 is 0 Å². The van der Waals surface area contributed by atoms with E-state index in [1.165, 1.54) is 0 Å². The fourth-order valence-electron chi connectivity index (χ4n) is 2.05. The highest BCUT2D eigenvalue weighted by atomic mass is 16.6. The number of hydrogen-bond donors (Lipinski definition) is 2. The Hall–Kier alpha value is -3.34. The van der Waals surface area contributed by atoms with Crippen molar-refractivity contribution in [3.63, 3.8) is 0 Å². The van der Waals surface area contributed by atoms with Crippen LogP contribution in [0.25, 0.3) is 11.3 Å². The van der Waals surface area contributed by atoms with Crippen molar-refractivity contribution in [1.82, 2.24) is 15.1 Å². The number of nitrogens with zero attached hydrogens (tertiary/aromatic N) is 4. The molecule has 0 atom stereocenters. The Kier molecular flexibility index (Phi) is 5.62. The molecule has 0 aliphatic carbocycles. The van der Waals surface area contributed by atoms with E-state index in [0.29, 0.717) is 22.8 Å². The van der Waals surface area contributed by atoms with Crippen LogP contribution in [0.3, 0.4) is 0 Å². The lowest BCUT2D eigenvalue weighted by Crippen LogP contribution is -2.27. The summed E-state index contributed by atoms with van der Waals surface area (Å²) in [5.74, 6) is 0.396. The molecule has 1 amide bonds. The maximum atomic E-state index is 11.8. The smallest absolute Gasteiger partial charge is 0.412 e. The molecule has 136 valence electrons. The van der Waals surface area contributed by atoms with Gasteiger partial charge >= 0.3 is 6.09 Å². The first-order chi connectivity index (χ1) is 12.2. The first-order valence-corrected chi connectivity index (χ1v) is 7.99. The fourth-order valence-corrected chi connectivity index (χ4v) is 2.05. The second-order valence-corrected chi connectivity index (χ2v) is 6.82. The third-order valence-corrected chi connectivity index (χ3v) is 3.08. The molecule has 2 rings (SSSR count). The first kappa shape index (κ1) is 19.0. The number of ether oxygens (including phenoxy) is 1. The van der Waals surface area contributed by atoms with Crippen molar-refractivity contribution >= 4 is 23.9 Å². The third-order valence-electron chi connectivity index (χ3n) is 3.08. The number of carbonyl (C=O) groups excluding carboxylic acids is 1. The SMILES string of the molecule is CN(C)/C=N\c1[nH]nc(-c2ccc(NC(=O)OC(C)(C)C)cc2)c1C#N. The summed E-state index contributed by atoms with van der Waals surface area (Å²) in [6.07, 6.45) is 1.06. The number of hydrogen-bond acceptors (Lipinski definition) is 5. The molecule has 0 aliphatic heterocycles. The molecule has 0 fully saturated rings. The van der Waals surface area contributed by atoms with Crippen LogP contribution in [-0.2, 0) is 4.74 Å². The molecule has 26 heavy (non-hydrogen) atoms. The predicted octanol–water partition coefficient (Wildman–Crippen LogP) is 3.52. The van der Waals surface area contributed by atoms with Crippen LogP contribution in [0.15, 0.2) is 29.3 Å². The van der Waals surface area contributed by atoms with Gasteiger partial charge in [-0.2, -0.15) is 10.4 Å². The van der Waals surface area contributed by atoms with E-state index in [4.69, 9.17) is 4.74 Å². The average Bonchev–Trinajstić information content (AvgIpc) is 2.94. The topological polar surface area (TPSA) is 106 Å². The van der Waals surface area contributed by atoms with Crippen LogP contribution in [0.2, 0.25) is 0 Å². The lowest BCUT2D eigenvalue weighted by Gasteiger charge is -2.19. The van der Waals surface area contributed by atoms with E-state index in [-0.39, 0.29) is 0 Å². The molecule has 0 spiro atoms. The normalized spacial score (nSPS) is 11.2. The Balaban J connectivity index is 2.19. The maximum absolute atomic E-state index is 11.8. The summed E-state index contributed by atoms with van der Waals surface area (Å²) in [6, 6.07) is 9.10. The van der Waals surface area contributed by atoms with Gasteiger partial charge in [0.1, 0.15) is 22.9 Å². The highest BCUT2D eigenvalue weighted by Crippen LogP contribution is 2.28. The quantitative estimate of drug-likeness (QED) is 0.645. The van der Waals surface area contributed by atoms with Gasteiger partial charge < -0.3 is 9.64 Å². The van der Waals surface area contributed by atoms with Gasteiger partial charge in [-0.25, -0.2) is 9.79 Å². The van der Waals surface area contributed by atoms with Crippen LogP contribution in [0.4, 0.5) is 16.3 Å². The summed E-state index contributed by atoms with van der Waals surface area (Å²) in [4.78, 5) is 17.8. The molecule has 2 aromatic rings. The van der Waals surface area contributed by atoms with Crippen molar-refractivity contribution in [2.24, 2.45) is 4.99 Å². The summed E-state index contributed by atoms with van der Waals surface area (Å²) in [5, 5.41) is 19.0. The number of rotatable bonds is 4. The largest absolute Gasteiger partial charge is 0.444 e. The van der Waals surface area contributed by atoms with Crippen LogP contribution in [0, 0.1) is 11.3 Å². The minimum Gasteiger partial charge on any atom is -0.444 e. The maximum Gasteiger partial charge on any atom is 0.412 e. The Morgan fingerprint density at radius 3 is 2.54 bits per heavy atom. The molecule has 0 radical (unpaired) electrons. The van der Waals surface area contributed by atoms with E-state index < -0.39 is 11.7 Å². The number of anilines is 1. The molecule has 0 saturated carbocycles. The van der Waals surface area contributed by atoms with Gasteiger partial charge in [0, 0.05) is 25.3 Å². The van der Waals surface area contributed by atoms with Crippen LogP contribution < -0.4 is 5.32 Å². The van der Waals surface area contributed by atoms with Gasteiger partial charge in [-0.1, -0.05) is 12.1 Å². The number of aromatic amines is 1. The van der Waals surface area contributed by atoms with Crippen LogP contribution in [0.1, 0.15) is 26.3 Å². The highest BCUT2D eigenvalue weighted by Gasteiger charge is 2.17. The van der Waals surface area contributed by atoms with Crippen molar-refractivity contribution in [1.29, 1.82) is 5.26 Å². The average molecular weight is 354 g/mol. The molecular formula is C18H22N6O2. The molecular weight excluding hydrogens is 332 g/mol. The second-order valence-electron chi connectivity index (χ2n) is 6.82. The van der Waals surface area contributed by atoms with Crippen LogP contribution in [-0.4, -0.2) is 47.2 Å². The number of aromatic nitrogens is 2. The lowest BCUT2D eigenvalue weighted by molar-refractivity contribution is 0.0636. The molecule has 1 aromatic carbocycles. The van der Waals surface area contributed by atoms with Crippen molar-refractivity contribution in [3.05, 3.63) is 29.8 Å². The third kappa shape index (κ3) is 5.08. The van der Waals surface area contributed by atoms with E-state index in [1.807, 2.05) is 14.1 Å². The number of amides is 1. The Bertz CT molecular complexity index is 838. The predicted molar refractivity (Wildman–Crippen MR) is 100 cm³/mol. The molecule has 1 aromatic heterocycles. The van der Waals surface area contributed by atoms with Gasteiger partial charge in [-0.3, -0.25) is 10.4 Å². The number of nitriles is 1. The van der Waals surface area contributed by atoms with Crippen LogP contribution in [0.5, 0.6) is 0 Å². The number of H-pyrrole nitrogens is 1. The molecule has 0 bridgehead atoms. The van der Waals surface area contributed by atoms with Crippen molar-refractivity contribution in [3.8, 4) is 17.3 Å². The van der Waals surface area contributed by atoms with E-state index >= 15 is 0 Å². The zero-order valence-electron chi connectivity index (χ0n) is 15.5. The van der Waals surface area contributed by atoms with Crippen molar-refractivity contribution in [2.75, 3.05) is 19.4 Å². The summed E-state index contributed by atoms with van der Waals surface area (Å²) in [6.45, 7) is 5.40. The minimum atomic E-state index is -0.565. The lowest BCUT2D eigenvalue weighted by atomic mass is 10.1. The van der Waals surface area contributed by atoms with Gasteiger partial charge in [0.05, 0.1) is 6.34 Å². The standard InChI is InChI=1S/C18H22N6O2/c1-18(2,3)26-17(25)21-13-8-6-12(7-9-13)15-14(10-19)16(23-22-15)20-11-24(4)5/h6-9,11H,1-5H3,(H,21,25)(H,22,23)/b20-11-. The zero-order chi connectivity index (χ0) is 19.3. The summed E-state index contributed by atoms with van der Waals surface area (Å²) < 4.78 is 5.21. The zero-order valence-corrected chi connectivity index (χ0v) is 15.5. The number of aliphatic imine (C=N–C) groups is 1. The van der Waals surface area contributed by atoms with E-state index in [2.05, 4.69) is 26.6 Å². The monoisotopic (exact) mass is 354 g/mol. The van der Waals surface area contributed by atoms with Gasteiger partial charge in [-0.05, 0) is 32.9 Å². The van der Waals surface area contributed by atoms with Crippen molar-refractivity contribution < 1.29 is 9.53 Å². The fraction of sp³-hybridized carbons (Fsp3) is 0.333. The van der Waals surface area contributed by atoms with E-state index in [0.717, 1.165) is 5.56 Å². The molecule has 8 nitrogen and oxygen atoms in total. The molecule has 1 heterocycles. The number of carbonyl (C=O) groups is 1. The van der Waals surface area contributed by atoms with Gasteiger partial charge in [0.2, 0.25) is 0 Å². The van der Waals surface area contributed by atoms with Gasteiger partial charge in [-0.15, -0.1) is 0 Å². The Labute approximate surface area is 152 Å². The molecule has 0 unspecified atom stereocenters. The van der Waals surface area contributed by atoms with Gasteiger partial charge in [0.15, 0.2) is 5.82 Å². The Morgan fingerprint density at radius 1 is 1.35 bits per heavy atom. The molecule has 0 aliphatic rings.